The summed E-state index contributed by atoms with van der Waals surface area (Å²) in [6.07, 6.45) is 4.52. The van der Waals surface area contributed by atoms with Crippen LogP contribution in [-0.4, -0.2) is 18.1 Å². The van der Waals surface area contributed by atoms with E-state index in [1.165, 1.54) is 17.7 Å². The summed E-state index contributed by atoms with van der Waals surface area (Å²) in [6.45, 7) is 4.51. The third-order valence-electron chi connectivity index (χ3n) is 2.90. The summed E-state index contributed by atoms with van der Waals surface area (Å²) in [5.74, 6) is 1.23. The zero-order valence-corrected chi connectivity index (χ0v) is 13.3. The first-order valence-electron chi connectivity index (χ1n) is 6.17. The smallest absolute Gasteiger partial charge is 0.0320 e. The van der Waals surface area contributed by atoms with E-state index in [1.807, 2.05) is 11.8 Å². The molecular formula is C14H22BrNS. The van der Waals surface area contributed by atoms with Crippen molar-refractivity contribution in [1.82, 2.24) is 5.32 Å². The summed E-state index contributed by atoms with van der Waals surface area (Å²) < 4.78 is 1.16. The molecule has 1 aromatic rings. The van der Waals surface area contributed by atoms with E-state index in [9.17, 15) is 0 Å². The lowest BCUT2D eigenvalue weighted by Crippen LogP contribution is -2.30. The lowest BCUT2D eigenvalue weighted by atomic mass is 10.0. The van der Waals surface area contributed by atoms with Crippen LogP contribution in [0.3, 0.4) is 0 Å². The van der Waals surface area contributed by atoms with Crippen LogP contribution in [-0.2, 0) is 0 Å². The van der Waals surface area contributed by atoms with Gasteiger partial charge in [0.25, 0.3) is 0 Å². The van der Waals surface area contributed by atoms with Crippen LogP contribution >= 0.6 is 27.7 Å². The molecule has 96 valence electrons. The fourth-order valence-electron chi connectivity index (χ4n) is 1.89. The lowest BCUT2D eigenvalue weighted by molar-refractivity contribution is 0.439. The highest BCUT2D eigenvalue weighted by molar-refractivity contribution is 9.10. The molecule has 0 spiro atoms. The van der Waals surface area contributed by atoms with Crippen molar-refractivity contribution in [1.29, 1.82) is 0 Å². The highest BCUT2D eigenvalue weighted by Gasteiger charge is 2.12. The fourth-order valence-corrected chi connectivity index (χ4v) is 2.90. The van der Waals surface area contributed by atoms with Gasteiger partial charge in [-0.2, -0.15) is 11.8 Å². The number of hydrogen-bond acceptors (Lipinski definition) is 2. The molecule has 3 heteroatoms. The highest BCUT2D eigenvalue weighted by atomic mass is 79.9. The van der Waals surface area contributed by atoms with E-state index >= 15 is 0 Å². The van der Waals surface area contributed by atoms with Gasteiger partial charge in [-0.25, -0.2) is 0 Å². The first kappa shape index (κ1) is 15.1. The number of halogens is 1. The summed E-state index contributed by atoms with van der Waals surface area (Å²) in [5, 5.41) is 3.71. The number of benzene rings is 1. The molecule has 0 aliphatic heterocycles. The van der Waals surface area contributed by atoms with Crippen molar-refractivity contribution in [2.45, 2.75) is 38.8 Å². The molecule has 0 amide bonds. The third kappa shape index (κ3) is 5.45. The second-order valence-electron chi connectivity index (χ2n) is 4.37. The maximum absolute atomic E-state index is 3.71. The average molecular weight is 316 g/mol. The van der Waals surface area contributed by atoms with Crippen molar-refractivity contribution >= 4 is 27.7 Å². The summed E-state index contributed by atoms with van der Waals surface area (Å²) >= 11 is 5.45. The zero-order valence-electron chi connectivity index (χ0n) is 10.9. The Morgan fingerprint density at radius 2 is 2.18 bits per heavy atom. The van der Waals surface area contributed by atoms with Crippen molar-refractivity contribution in [2.24, 2.45) is 0 Å². The molecule has 1 N–H and O–H groups in total. The largest absolute Gasteiger partial charge is 0.307 e. The number of thioether (sulfide) groups is 1. The monoisotopic (exact) mass is 315 g/mol. The quantitative estimate of drug-likeness (QED) is 0.787. The Morgan fingerprint density at radius 1 is 1.41 bits per heavy atom. The highest BCUT2D eigenvalue weighted by Crippen LogP contribution is 2.21. The Labute approximate surface area is 118 Å². The lowest BCUT2D eigenvalue weighted by Gasteiger charge is -2.22. The van der Waals surface area contributed by atoms with E-state index in [2.05, 4.69) is 65.6 Å². The van der Waals surface area contributed by atoms with E-state index in [1.54, 1.807) is 0 Å². The predicted octanol–water partition coefficient (Wildman–Crippen LogP) is 4.63. The topological polar surface area (TPSA) is 12.0 Å². The summed E-state index contributed by atoms with van der Waals surface area (Å²) in [6, 6.07) is 9.63. The van der Waals surface area contributed by atoms with Crippen LogP contribution in [0.1, 0.15) is 38.3 Å². The second kappa shape index (κ2) is 8.17. The fraction of sp³-hybridized carbons (Fsp3) is 0.571. The maximum atomic E-state index is 3.71. The van der Waals surface area contributed by atoms with Crippen molar-refractivity contribution in [2.75, 3.05) is 12.0 Å². The van der Waals surface area contributed by atoms with Gasteiger partial charge in [0.1, 0.15) is 0 Å². The SMILES string of the molecule is CCC(NC(C)CCSC)c1cccc(Br)c1. The van der Waals surface area contributed by atoms with Crippen molar-refractivity contribution in [3.63, 3.8) is 0 Å². The van der Waals surface area contributed by atoms with Gasteiger partial charge < -0.3 is 5.32 Å². The molecule has 1 nitrogen and oxygen atoms in total. The standard InChI is InChI=1S/C14H22BrNS/c1-4-14(16-11(2)8-9-17-3)12-6-5-7-13(15)10-12/h5-7,10-11,14,16H,4,8-9H2,1-3H3. The third-order valence-corrected chi connectivity index (χ3v) is 4.04. The van der Waals surface area contributed by atoms with Crippen molar-refractivity contribution in [3.05, 3.63) is 34.3 Å². The van der Waals surface area contributed by atoms with Crippen LogP contribution in [0.5, 0.6) is 0 Å². The number of hydrogen-bond donors (Lipinski definition) is 1. The van der Waals surface area contributed by atoms with Gasteiger partial charge in [0.2, 0.25) is 0 Å². The van der Waals surface area contributed by atoms with Crippen LogP contribution in [0.15, 0.2) is 28.7 Å². The van der Waals surface area contributed by atoms with Gasteiger partial charge in [-0.05, 0) is 49.5 Å². The molecule has 0 bridgehead atoms. The molecule has 0 aromatic heterocycles. The van der Waals surface area contributed by atoms with Crippen LogP contribution in [0.2, 0.25) is 0 Å². The average Bonchev–Trinajstić information content (AvgIpc) is 2.33. The summed E-state index contributed by atoms with van der Waals surface area (Å²) in [4.78, 5) is 0. The maximum Gasteiger partial charge on any atom is 0.0320 e. The summed E-state index contributed by atoms with van der Waals surface area (Å²) in [5.41, 5.74) is 1.37. The summed E-state index contributed by atoms with van der Waals surface area (Å²) in [7, 11) is 0. The van der Waals surface area contributed by atoms with Crippen LogP contribution in [0.25, 0.3) is 0 Å². The van der Waals surface area contributed by atoms with E-state index in [0.29, 0.717) is 12.1 Å². The van der Waals surface area contributed by atoms with Gasteiger partial charge in [-0.1, -0.05) is 35.0 Å². The van der Waals surface area contributed by atoms with Gasteiger partial charge >= 0.3 is 0 Å². The predicted molar refractivity (Wildman–Crippen MR) is 82.8 cm³/mol. The Kier molecular flexibility index (Phi) is 7.24. The molecular weight excluding hydrogens is 294 g/mol. The first-order chi connectivity index (χ1) is 8.17. The molecule has 0 saturated heterocycles. The van der Waals surface area contributed by atoms with Crippen molar-refractivity contribution in [3.8, 4) is 0 Å². The van der Waals surface area contributed by atoms with Gasteiger partial charge in [0.15, 0.2) is 0 Å². The number of nitrogens with one attached hydrogen (secondary N) is 1. The van der Waals surface area contributed by atoms with E-state index in [-0.39, 0.29) is 0 Å². The minimum absolute atomic E-state index is 0.462. The van der Waals surface area contributed by atoms with E-state index < -0.39 is 0 Å². The Bertz CT molecular complexity index is 330. The van der Waals surface area contributed by atoms with Gasteiger partial charge in [-0.3, -0.25) is 0 Å². The molecule has 0 aliphatic carbocycles. The Balaban J connectivity index is 2.59. The zero-order chi connectivity index (χ0) is 12.7. The van der Waals surface area contributed by atoms with E-state index in [4.69, 9.17) is 0 Å². The van der Waals surface area contributed by atoms with Crippen LogP contribution in [0.4, 0.5) is 0 Å². The molecule has 0 saturated carbocycles. The van der Waals surface area contributed by atoms with Gasteiger partial charge in [0, 0.05) is 16.6 Å². The van der Waals surface area contributed by atoms with Crippen LogP contribution < -0.4 is 5.32 Å². The molecule has 0 fully saturated rings. The minimum atomic E-state index is 0.462. The molecule has 1 aromatic carbocycles. The van der Waals surface area contributed by atoms with Crippen molar-refractivity contribution < 1.29 is 0 Å². The molecule has 2 atom stereocenters. The first-order valence-corrected chi connectivity index (χ1v) is 8.36. The van der Waals surface area contributed by atoms with Gasteiger partial charge in [0.05, 0.1) is 0 Å². The molecule has 17 heavy (non-hydrogen) atoms. The Hall–Kier alpha value is 0.01000. The van der Waals surface area contributed by atoms with E-state index in [0.717, 1.165) is 10.9 Å². The van der Waals surface area contributed by atoms with Gasteiger partial charge in [-0.15, -0.1) is 0 Å². The molecule has 2 unspecified atom stereocenters. The normalized spacial score (nSPS) is 14.6. The molecule has 0 radical (unpaired) electrons. The minimum Gasteiger partial charge on any atom is -0.307 e. The molecule has 0 aliphatic rings. The number of rotatable bonds is 7. The van der Waals surface area contributed by atoms with Crippen LogP contribution in [0, 0.1) is 0 Å². The Morgan fingerprint density at radius 3 is 2.76 bits per heavy atom. The molecule has 0 heterocycles. The second-order valence-corrected chi connectivity index (χ2v) is 6.27. The molecule has 1 rings (SSSR count).